The Balaban J connectivity index is 0.00000272. The van der Waals surface area contributed by atoms with Crippen molar-refractivity contribution in [2.45, 2.75) is 19.8 Å². The molecule has 0 spiro atoms. The predicted molar refractivity (Wildman–Crippen MR) is 131 cm³/mol. The molecule has 3 aromatic rings. The molecule has 0 aliphatic carbocycles. The molecule has 0 unspecified atom stereocenters. The van der Waals surface area contributed by atoms with Gasteiger partial charge in [0.05, 0.1) is 29.9 Å². The molecule has 5 nitrogen and oxygen atoms in total. The highest BCUT2D eigenvalue weighted by atomic mass is 35.5. The van der Waals surface area contributed by atoms with Crippen molar-refractivity contribution in [1.82, 2.24) is 9.88 Å². The highest BCUT2D eigenvalue weighted by molar-refractivity contribution is 7.22. The van der Waals surface area contributed by atoms with Gasteiger partial charge in [-0.15, -0.1) is 12.4 Å². The van der Waals surface area contributed by atoms with Crippen LogP contribution in [0.4, 0.5) is 5.13 Å². The Kier molecular flexibility index (Phi) is 8.69. The van der Waals surface area contributed by atoms with Crippen LogP contribution >= 0.6 is 35.3 Å². The number of carbonyl (C=O) groups excluding carboxylic acids is 1. The Morgan fingerprint density at radius 3 is 2.68 bits per heavy atom. The third-order valence-corrected chi connectivity index (χ3v) is 6.88. The third kappa shape index (κ3) is 5.96. The maximum absolute atomic E-state index is 13.3. The zero-order valence-corrected chi connectivity index (χ0v) is 19.9. The van der Waals surface area contributed by atoms with Crippen molar-refractivity contribution in [3.63, 3.8) is 0 Å². The lowest BCUT2D eigenvalue weighted by Gasteiger charge is -2.27. The van der Waals surface area contributed by atoms with E-state index in [1.807, 2.05) is 54.3 Å². The van der Waals surface area contributed by atoms with E-state index in [1.165, 1.54) is 0 Å². The average molecular weight is 480 g/mol. The number of anilines is 1. The van der Waals surface area contributed by atoms with E-state index in [0.717, 1.165) is 65.7 Å². The lowest BCUT2D eigenvalue weighted by Crippen LogP contribution is -2.39. The number of thiazole rings is 1. The highest BCUT2D eigenvalue weighted by Gasteiger charge is 2.21. The van der Waals surface area contributed by atoms with Gasteiger partial charge in [0.25, 0.3) is 0 Å². The van der Waals surface area contributed by atoms with Gasteiger partial charge >= 0.3 is 0 Å². The van der Waals surface area contributed by atoms with Gasteiger partial charge in [-0.3, -0.25) is 14.6 Å². The summed E-state index contributed by atoms with van der Waals surface area (Å²) < 4.78 is 6.48. The summed E-state index contributed by atoms with van der Waals surface area (Å²) in [6.45, 7) is 7.06. The topological polar surface area (TPSA) is 45.7 Å². The number of benzene rings is 2. The first-order valence-corrected chi connectivity index (χ1v) is 11.5. The van der Waals surface area contributed by atoms with Gasteiger partial charge in [-0.1, -0.05) is 53.3 Å². The number of ether oxygens (including phenoxy) is 1. The molecule has 1 aliphatic heterocycles. The molecule has 0 N–H and O–H groups in total. The molecule has 0 bridgehead atoms. The lowest BCUT2D eigenvalue weighted by molar-refractivity contribution is -0.118. The van der Waals surface area contributed by atoms with Crippen LogP contribution in [0.1, 0.15) is 17.5 Å². The number of fused-ring (bicyclic) bond motifs is 1. The standard InChI is InChI=1S/C23H26ClN3O2S.ClH/c1-17-19(24)8-9-20-22(17)25-23(30-20)27(11-5-10-26-12-14-29-15-13-26)21(28)16-18-6-3-2-4-7-18;/h2-4,6-9H,5,10-16H2,1H3;1H. The number of amides is 1. The van der Waals surface area contributed by atoms with Gasteiger partial charge in [0.15, 0.2) is 5.13 Å². The minimum atomic E-state index is 0. The van der Waals surface area contributed by atoms with Crippen molar-refractivity contribution in [2.24, 2.45) is 0 Å². The first-order valence-electron chi connectivity index (χ1n) is 10.3. The molecular weight excluding hydrogens is 453 g/mol. The largest absolute Gasteiger partial charge is 0.379 e. The molecule has 1 aromatic heterocycles. The molecule has 8 heteroatoms. The van der Waals surface area contributed by atoms with E-state index in [9.17, 15) is 4.79 Å². The van der Waals surface area contributed by atoms with Crippen molar-refractivity contribution in [3.05, 3.63) is 58.6 Å². The first kappa shape index (κ1) is 24.0. The molecule has 1 aliphatic rings. The van der Waals surface area contributed by atoms with Crippen LogP contribution in [-0.2, 0) is 16.0 Å². The summed E-state index contributed by atoms with van der Waals surface area (Å²) >= 11 is 7.84. The molecule has 2 aromatic carbocycles. The second-order valence-corrected chi connectivity index (χ2v) is 8.95. The smallest absolute Gasteiger partial charge is 0.233 e. The Morgan fingerprint density at radius 1 is 1.19 bits per heavy atom. The molecule has 166 valence electrons. The van der Waals surface area contributed by atoms with Crippen LogP contribution in [0.5, 0.6) is 0 Å². The van der Waals surface area contributed by atoms with Gasteiger partial charge in [-0.05, 0) is 36.6 Å². The normalized spacial score (nSPS) is 14.4. The number of hydrogen-bond donors (Lipinski definition) is 0. The molecule has 0 atom stereocenters. The predicted octanol–water partition coefficient (Wildman–Crippen LogP) is 4.98. The summed E-state index contributed by atoms with van der Waals surface area (Å²) in [5.74, 6) is 0.0750. The Labute approximate surface area is 198 Å². The van der Waals surface area contributed by atoms with E-state index >= 15 is 0 Å². The van der Waals surface area contributed by atoms with Crippen molar-refractivity contribution < 1.29 is 9.53 Å². The summed E-state index contributed by atoms with van der Waals surface area (Å²) in [4.78, 5) is 22.3. The van der Waals surface area contributed by atoms with Gasteiger partial charge < -0.3 is 4.74 Å². The van der Waals surface area contributed by atoms with E-state index in [4.69, 9.17) is 21.3 Å². The average Bonchev–Trinajstić information content (AvgIpc) is 3.20. The van der Waals surface area contributed by atoms with Gasteiger partial charge in [0.1, 0.15) is 0 Å². The third-order valence-electron chi connectivity index (χ3n) is 5.43. The fourth-order valence-corrected chi connectivity index (χ4v) is 4.90. The number of nitrogens with zero attached hydrogens (tertiary/aromatic N) is 3. The monoisotopic (exact) mass is 479 g/mol. The van der Waals surface area contributed by atoms with E-state index in [1.54, 1.807) is 11.3 Å². The van der Waals surface area contributed by atoms with Crippen LogP contribution in [0.15, 0.2) is 42.5 Å². The molecule has 0 radical (unpaired) electrons. The number of aromatic nitrogens is 1. The van der Waals surface area contributed by atoms with E-state index in [-0.39, 0.29) is 18.3 Å². The van der Waals surface area contributed by atoms with Crippen molar-refractivity contribution in [3.8, 4) is 0 Å². The number of aryl methyl sites for hydroxylation is 1. The fraction of sp³-hybridized carbons (Fsp3) is 0.391. The zero-order chi connectivity index (χ0) is 20.9. The quantitative estimate of drug-likeness (QED) is 0.479. The first-order chi connectivity index (χ1) is 14.6. The van der Waals surface area contributed by atoms with E-state index < -0.39 is 0 Å². The van der Waals surface area contributed by atoms with Crippen LogP contribution in [0.2, 0.25) is 5.02 Å². The second-order valence-electron chi connectivity index (χ2n) is 7.53. The second kappa shape index (κ2) is 11.2. The Hall–Kier alpha value is -1.70. The summed E-state index contributed by atoms with van der Waals surface area (Å²) in [5, 5.41) is 1.45. The molecule has 31 heavy (non-hydrogen) atoms. The molecule has 1 amide bonds. The molecule has 1 saturated heterocycles. The SMILES string of the molecule is Cc1c(Cl)ccc2sc(N(CCCN3CCOCC3)C(=O)Cc3ccccc3)nc12.Cl. The molecule has 2 heterocycles. The van der Waals surface area contributed by atoms with E-state index in [0.29, 0.717) is 18.0 Å². The number of halogens is 2. The number of carbonyl (C=O) groups is 1. The van der Waals surface area contributed by atoms with Crippen LogP contribution in [0.3, 0.4) is 0 Å². The van der Waals surface area contributed by atoms with E-state index in [2.05, 4.69) is 4.90 Å². The maximum Gasteiger partial charge on any atom is 0.233 e. The lowest BCUT2D eigenvalue weighted by atomic mass is 10.1. The Morgan fingerprint density at radius 2 is 1.94 bits per heavy atom. The summed E-state index contributed by atoms with van der Waals surface area (Å²) in [6.07, 6.45) is 1.27. The van der Waals surface area contributed by atoms with Crippen LogP contribution in [-0.4, -0.2) is 55.2 Å². The summed E-state index contributed by atoms with van der Waals surface area (Å²) in [6, 6.07) is 13.8. The van der Waals surface area contributed by atoms with Crippen LogP contribution in [0, 0.1) is 6.92 Å². The molecule has 4 rings (SSSR count). The molecular formula is C23H27Cl2N3O2S. The van der Waals surface area contributed by atoms with Crippen molar-refractivity contribution in [2.75, 3.05) is 44.3 Å². The van der Waals surface area contributed by atoms with Gasteiger partial charge in [-0.25, -0.2) is 4.98 Å². The minimum Gasteiger partial charge on any atom is -0.379 e. The van der Waals surface area contributed by atoms with Gasteiger partial charge in [-0.2, -0.15) is 0 Å². The van der Waals surface area contributed by atoms with Crippen molar-refractivity contribution in [1.29, 1.82) is 0 Å². The highest BCUT2D eigenvalue weighted by Crippen LogP contribution is 2.34. The van der Waals surface area contributed by atoms with Crippen molar-refractivity contribution >= 4 is 56.6 Å². The van der Waals surface area contributed by atoms with Crippen LogP contribution < -0.4 is 4.90 Å². The molecule has 0 saturated carbocycles. The Bertz CT molecular complexity index is 1010. The van der Waals surface area contributed by atoms with Gasteiger partial charge in [0.2, 0.25) is 5.91 Å². The summed E-state index contributed by atoms with van der Waals surface area (Å²) in [5.41, 5.74) is 2.86. The maximum atomic E-state index is 13.3. The number of hydrogen-bond acceptors (Lipinski definition) is 5. The molecule has 1 fully saturated rings. The minimum absolute atomic E-state index is 0. The van der Waals surface area contributed by atoms with Crippen LogP contribution in [0.25, 0.3) is 10.2 Å². The zero-order valence-electron chi connectivity index (χ0n) is 17.6. The number of rotatable bonds is 7. The van der Waals surface area contributed by atoms with Gasteiger partial charge in [0, 0.05) is 31.2 Å². The fourth-order valence-electron chi connectivity index (χ4n) is 3.67. The number of morpholine rings is 1. The summed E-state index contributed by atoms with van der Waals surface area (Å²) in [7, 11) is 0.